The molecule has 1 aliphatic rings. The van der Waals surface area contributed by atoms with Crippen LogP contribution in [0, 0.1) is 6.92 Å². The molecule has 1 aliphatic heterocycles. The number of hydrogen-bond donors (Lipinski definition) is 1. The van der Waals surface area contributed by atoms with Crippen molar-refractivity contribution in [1.29, 1.82) is 0 Å². The van der Waals surface area contributed by atoms with Crippen molar-refractivity contribution in [3.8, 4) is 0 Å². The smallest absolute Gasteiger partial charge is 0.0398 e. The predicted molar refractivity (Wildman–Crippen MR) is 88.4 cm³/mol. The first-order chi connectivity index (χ1) is 9.40. The third-order valence-corrected chi connectivity index (χ3v) is 4.24. The van der Waals surface area contributed by atoms with Crippen LogP contribution in [0.2, 0.25) is 0 Å². The number of aryl methyl sites for hydroxylation is 1. The minimum Gasteiger partial charge on any atom is -0.368 e. The van der Waals surface area contributed by atoms with E-state index in [0.29, 0.717) is 0 Å². The minimum absolute atomic E-state index is 0.175. The van der Waals surface area contributed by atoms with Gasteiger partial charge in [0.25, 0.3) is 0 Å². The molecule has 1 fully saturated rings. The zero-order valence-corrected chi connectivity index (χ0v) is 13.8. The molecule has 1 atom stereocenters. The van der Waals surface area contributed by atoms with Crippen LogP contribution < -0.4 is 10.2 Å². The molecule has 20 heavy (non-hydrogen) atoms. The van der Waals surface area contributed by atoms with E-state index in [1.807, 2.05) is 0 Å². The molecular formula is C18H30N2. The Labute approximate surface area is 124 Å². The lowest BCUT2D eigenvalue weighted by Crippen LogP contribution is -2.35. The second kappa shape index (κ2) is 6.17. The molecule has 2 nitrogen and oxygen atoms in total. The molecule has 1 saturated heterocycles. The fraction of sp³-hybridized carbons (Fsp3) is 0.667. The van der Waals surface area contributed by atoms with Gasteiger partial charge < -0.3 is 10.2 Å². The summed E-state index contributed by atoms with van der Waals surface area (Å²) >= 11 is 0. The highest BCUT2D eigenvalue weighted by Crippen LogP contribution is 2.30. The number of hydrogen-bond acceptors (Lipinski definition) is 2. The van der Waals surface area contributed by atoms with E-state index in [9.17, 15) is 0 Å². The summed E-state index contributed by atoms with van der Waals surface area (Å²) in [6, 6.07) is 7.70. The lowest BCUT2D eigenvalue weighted by molar-refractivity contribution is 0.424. The van der Waals surface area contributed by atoms with Gasteiger partial charge in [0.1, 0.15) is 0 Å². The van der Waals surface area contributed by atoms with Crippen LogP contribution in [0.5, 0.6) is 0 Å². The summed E-state index contributed by atoms with van der Waals surface area (Å²) in [7, 11) is 0. The lowest BCUT2D eigenvalue weighted by Gasteiger charge is -2.28. The second-order valence-electron chi connectivity index (χ2n) is 7.12. The topological polar surface area (TPSA) is 15.3 Å². The first-order valence-corrected chi connectivity index (χ1v) is 8.02. The maximum atomic E-state index is 3.56. The van der Waals surface area contributed by atoms with Crippen LogP contribution >= 0.6 is 0 Å². The van der Waals surface area contributed by atoms with Crippen molar-refractivity contribution in [3.05, 3.63) is 29.3 Å². The average Bonchev–Trinajstić information content (AvgIpc) is 2.83. The molecule has 1 aromatic carbocycles. The Morgan fingerprint density at radius 3 is 2.65 bits per heavy atom. The normalized spacial score (nSPS) is 19.6. The highest BCUT2D eigenvalue weighted by Gasteiger charge is 2.24. The van der Waals surface area contributed by atoms with Crippen molar-refractivity contribution in [2.45, 2.75) is 72.0 Å². The second-order valence-corrected chi connectivity index (χ2v) is 7.12. The maximum Gasteiger partial charge on any atom is 0.0398 e. The van der Waals surface area contributed by atoms with Gasteiger partial charge in [0.05, 0.1) is 0 Å². The van der Waals surface area contributed by atoms with Gasteiger partial charge in [-0.15, -0.1) is 0 Å². The Hall–Kier alpha value is -1.02. The number of benzene rings is 1. The molecule has 0 amide bonds. The summed E-state index contributed by atoms with van der Waals surface area (Å²) in [5.74, 6) is 0. The monoisotopic (exact) mass is 274 g/mol. The predicted octanol–water partition coefficient (Wildman–Crippen LogP) is 4.26. The van der Waals surface area contributed by atoms with Gasteiger partial charge in [-0.05, 0) is 64.2 Å². The van der Waals surface area contributed by atoms with Crippen LogP contribution in [0.15, 0.2) is 18.2 Å². The van der Waals surface area contributed by atoms with E-state index in [1.54, 1.807) is 0 Å². The number of nitrogens with one attached hydrogen (secondary N) is 1. The first kappa shape index (κ1) is 15.4. The molecule has 0 saturated carbocycles. The first-order valence-electron chi connectivity index (χ1n) is 8.02. The SMILES string of the molecule is CCC1CCCN1c1ccc(CNC(C)(C)C)cc1C. The summed E-state index contributed by atoms with van der Waals surface area (Å²) < 4.78 is 0. The third kappa shape index (κ3) is 3.76. The molecule has 0 radical (unpaired) electrons. The maximum absolute atomic E-state index is 3.56. The number of rotatable bonds is 4. The quantitative estimate of drug-likeness (QED) is 0.882. The van der Waals surface area contributed by atoms with Crippen LogP contribution in [-0.4, -0.2) is 18.1 Å². The zero-order valence-electron chi connectivity index (χ0n) is 13.8. The highest BCUT2D eigenvalue weighted by atomic mass is 15.2. The van der Waals surface area contributed by atoms with E-state index < -0.39 is 0 Å². The van der Waals surface area contributed by atoms with Gasteiger partial charge in [0.2, 0.25) is 0 Å². The van der Waals surface area contributed by atoms with Crippen LogP contribution in [0.4, 0.5) is 5.69 Å². The Morgan fingerprint density at radius 1 is 1.30 bits per heavy atom. The standard InChI is InChI=1S/C18H30N2/c1-6-16-8-7-11-20(16)17-10-9-15(12-14(17)2)13-19-18(3,4)5/h9-10,12,16,19H,6-8,11,13H2,1-5H3. The van der Waals surface area contributed by atoms with E-state index in [2.05, 4.69) is 63.0 Å². The molecule has 1 N–H and O–H groups in total. The largest absolute Gasteiger partial charge is 0.368 e. The van der Waals surface area contributed by atoms with Crippen molar-refractivity contribution < 1.29 is 0 Å². The Balaban J connectivity index is 2.10. The Kier molecular flexibility index (Phi) is 4.74. The summed E-state index contributed by atoms with van der Waals surface area (Å²) in [6.07, 6.45) is 3.95. The van der Waals surface area contributed by atoms with Gasteiger partial charge >= 0.3 is 0 Å². The summed E-state index contributed by atoms with van der Waals surface area (Å²) in [5, 5.41) is 3.56. The van der Waals surface area contributed by atoms with Gasteiger partial charge in [-0.2, -0.15) is 0 Å². The molecule has 2 heteroatoms. The Morgan fingerprint density at radius 2 is 2.05 bits per heavy atom. The Bertz CT molecular complexity index is 445. The summed E-state index contributed by atoms with van der Waals surface area (Å²) in [4.78, 5) is 2.61. The van der Waals surface area contributed by atoms with E-state index in [-0.39, 0.29) is 5.54 Å². The van der Waals surface area contributed by atoms with Gasteiger partial charge in [0, 0.05) is 30.4 Å². The molecule has 0 aliphatic carbocycles. The molecule has 1 aromatic rings. The van der Waals surface area contributed by atoms with E-state index in [0.717, 1.165) is 12.6 Å². The lowest BCUT2D eigenvalue weighted by atomic mass is 10.0. The summed E-state index contributed by atoms with van der Waals surface area (Å²) in [5.41, 5.74) is 4.41. The number of anilines is 1. The van der Waals surface area contributed by atoms with E-state index in [4.69, 9.17) is 0 Å². The van der Waals surface area contributed by atoms with Crippen LogP contribution in [-0.2, 0) is 6.54 Å². The molecule has 1 unspecified atom stereocenters. The van der Waals surface area contributed by atoms with Crippen molar-refractivity contribution in [2.24, 2.45) is 0 Å². The fourth-order valence-electron chi connectivity index (χ4n) is 3.09. The molecule has 1 heterocycles. The minimum atomic E-state index is 0.175. The average molecular weight is 274 g/mol. The van der Waals surface area contributed by atoms with Gasteiger partial charge in [-0.25, -0.2) is 0 Å². The van der Waals surface area contributed by atoms with Crippen LogP contribution in [0.1, 0.15) is 58.1 Å². The van der Waals surface area contributed by atoms with Crippen LogP contribution in [0.25, 0.3) is 0 Å². The van der Waals surface area contributed by atoms with E-state index >= 15 is 0 Å². The molecular weight excluding hydrogens is 244 g/mol. The van der Waals surface area contributed by atoms with Gasteiger partial charge in [-0.1, -0.05) is 19.1 Å². The molecule has 0 spiro atoms. The zero-order chi connectivity index (χ0) is 14.8. The number of nitrogens with zero attached hydrogens (tertiary/aromatic N) is 1. The van der Waals surface area contributed by atoms with Gasteiger partial charge in [0.15, 0.2) is 0 Å². The molecule has 0 aromatic heterocycles. The van der Waals surface area contributed by atoms with Crippen molar-refractivity contribution in [3.63, 3.8) is 0 Å². The summed E-state index contributed by atoms with van der Waals surface area (Å²) in [6.45, 7) is 13.4. The van der Waals surface area contributed by atoms with E-state index in [1.165, 1.54) is 42.6 Å². The van der Waals surface area contributed by atoms with Crippen molar-refractivity contribution in [2.75, 3.05) is 11.4 Å². The third-order valence-electron chi connectivity index (χ3n) is 4.24. The molecule has 112 valence electrons. The molecule has 2 rings (SSSR count). The van der Waals surface area contributed by atoms with Crippen molar-refractivity contribution in [1.82, 2.24) is 5.32 Å². The van der Waals surface area contributed by atoms with Crippen molar-refractivity contribution >= 4 is 5.69 Å². The highest BCUT2D eigenvalue weighted by molar-refractivity contribution is 5.56. The molecule has 0 bridgehead atoms. The van der Waals surface area contributed by atoms with Gasteiger partial charge in [-0.3, -0.25) is 0 Å². The fourth-order valence-corrected chi connectivity index (χ4v) is 3.09. The van der Waals surface area contributed by atoms with Crippen LogP contribution in [0.3, 0.4) is 0 Å².